The number of rotatable bonds is 5. The van der Waals surface area contributed by atoms with E-state index in [-0.39, 0.29) is 5.91 Å². The van der Waals surface area contributed by atoms with Gasteiger partial charge >= 0.3 is 0 Å². The summed E-state index contributed by atoms with van der Waals surface area (Å²) in [7, 11) is 0. The SMILES string of the molecule is O=C(Nc1cc(Cl)ccn1)c1ccc(SCc2cn3ccccc3n2)cc1. The normalized spacial score (nSPS) is 10.9. The molecule has 0 aliphatic heterocycles. The number of benzene rings is 1. The molecule has 0 bridgehead atoms. The molecule has 1 amide bonds. The Hall–Kier alpha value is -2.83. The monoisotopic (exact) mass is 394 g/mol. The topological polar surface area (TPSA) is 59.3 Å². The van der Waals surface area contributed by atoms with Crippen LogP contribution in [-0.2, 0) is 5.75 Å². The first-order valence-corrected chi connectivity index (χ1v) is 9.62. The lowest BCUT2D eigenvalue weighted by molar-refractivity contribution is 0.102. The van der Waals surface area contributed by atoms with Crippen LogP contribution in [-0.4, -0.2) is 20.3 Å². The highest BCUT2D eigenvalue weighted by Gasteiger charge is 2.08. The van der Waals surface area contributed by atoms with Crippen LogP contribution in [0.4, 0.5) is 5.82 Å². The molecule has 27 heavy (non-hydrogen) atoms. The second kappa shape index (κ2) is 7.82. The first kappa shape index (κ1) is 17.6. The minimum Gasteiger partial charge on any atom is -0.307 e. The third kappa shape index (κ3) is 4.30. The molecule has 4 aromatic rings. The minimum absolute atomic E-state index is 0.221. The molecule has 0 aliphatic carbocycles. The molecule has 0 radical (unpaired) electrons. The van der Waals surface area contributed by atoms with Crippen LogP contribution >= 0.6 is 23.4 Å². The van der Waals surface area contributed by atoms with Gasteiger partial charge < -0.3 is 9.72 Å². The number of thioether (sulfide) groups is 1. The Morgan fingerprint density at radius 1 is 1.15 bits per heavy atom. The van der Waals surface area contributed by atoms with E-state index in [4.69, 9.17) is 11.6 Å². The molecule has 4 rings (SSSR count). The van der Waals surface area contributed by atoms with Crippen molar-refractivity contribution in [3.05, 3.63) is 89.5 Å². The van der Waals surface area contributed by atoms with Crippen molar-refractivity contribution in [2.24, 2.45) is 0 Å². The van der Waals surface area contributed by atoms with Gasteiger partial charge in [-0.05, 0) is 48.5 Å². The number of carbonyl (C=O) groups excluding carboxylic acids is 1. The fourth-order valence-corrected chi connectivity index (χ4v) is 3.52. The second-order valence-corrected chi connectivity index (χ2v) is 7.31. The van der Waals surface area contributed by atoms with Crippen LogP contribution in [0.5, 0.6) is 0 Å². The van der Waals surface area contributed by atoms with Crippen molar-refractivity contribution in [3.8, 4) is 0 Å². The van der Waals surface area contributed by atoms with E-state index in [9.17, 15) is 4.79 Å². The predicted molar refractivity (Wildman–Crippen MR) is 108 cm³/mol. The Balaban J connectivity index is 1.38. The van der Waals surface area contributed by atoms with Crippen LogP contribution in [0.3, 0.4) is 0 Å². The van der Waals surface area contributed by atoms with Crippen molar-refractivity contribution in [2.45, 2.75) is 10.6 Å². The zero-order valence-electron chi connectivity index (χ0n) is 14.2. The maximum Gasteiger partial charge on any atom is 0.256 e. The Bertz CT molecular complexity index is 1060. The first-order valence-electron chi connectivity index (χ1n) is 8.26. The Kier molecular flexibility index (Phi) is 5.09. The highest BCUT2D eigenvalue weighted by Crippen LogP contribution is 2.23. The molecular weight excluding hydrogens is 380 g/mol. The number of carbonyl (C=O) groups is 1. The maximum absolute atomic E-state index is 12.3. The van der Waals surface area contributed by atoms with Crippen molar-refractivity contribution in [3.63, 3.8) is 0 Å². The molecule has 0 saturated heterocycles. The molecule has 7 heteroatoms. The van der Waals surface area contributed by atoms with Gasteiger partial charge in [0, 0.05) is 39.8 Å². The number of imidazole rings is 1. The molecule has 5 nitrogen and oxygen atoms in total. The fourth-order valence-electron chi connectivity index (χ4n) is 2.58. The van der Waals surface area contributed by atoms with E-state index in [0.29, 0.717) is 16.4 Å². The highest BCUT2D eigenvalue weighted by molar-refractivity contribution is 7.98. The van der Waals surface area contributed by atoms with Crippen LogP contribution in [0.15, 0.2) is 78.1 Å². The van der Waals surface area contributed by atoms with E-state index in [1.165, 1.54) is 0 Å². The third-order valence-corrected chi connectivity index (χ3v) is 5.16. The maximum atomic E-state index is 12.3. The smallest absolute Gasteiger partial charge is 0.256 e. The molecule has 3 aromatic heterocycles. The first-order chi connectivity index (χ1) is 13.2. The summed E-state index contributed by atoms with van der Waals surface area (Å²) in [5.74, 6) is 0.971. The number of nitrogens with zero attached hydrogens (tertiary/aromatic N) is 3. The van der Waals surface area contributed by atoms with E-state index in [0.717, 1.165) is 22.0 Å². The Morgan fingerprint density at radius 3 is 2.78 bits per heavy atom. The lowest BCUT2D eigenvalue weighted by Gasteiger charge is -2.05. The number of halogens is 1. The molecule has 0 fully saturated rings. The molecule has 0 atom stereocenters. The van der Waals surface area contributed by atoms with Crippen molar-refractivity contribution >= 4 is 40.7 Å². The van der Waals surface area contributed by atoms with Crippen LogP contribution in [0.2, 0.25) is 5.02 Å². The standard InChI is InChI=1S/C20H15ClN4OS/c21-15-8-9-22-18(11-15)24-20(26)14-4-6-17(7-5-14)27-13-16-12-25-10-2-1-3-19(25)23-16/h1-12H,13H2,(H,22,24,26). The zero-order valence-corrected chi connectivity index (χ0v) is 15.7. The summed E-state index contributed by atoms with van der Waals surface area (Å²) >= 11 is 7.58. The van der Waals surface area contributed by atoms with Gasteiger partial charge in [-0.1, -0.05) is 17.7 Å². The zero-order chi connectivity index (χ0) is 18.6. The van der Waals surface area contributed by atoms with E-state index in [1.54, 1.807) is 42.2 Å². The number of aromatic nitrogens is 3. The van der Waals surface area contributed by atoms with Gasteiger partial charge in [-0.2, -0.15) is 0 Å². The molecule has 0 spiro atoms. The summed E-state index contributed by atoms with van der Waals surface area (Å²) in [5.41, 5.74) is 2.52. The molecule has 1 N–H and O–H groups in total. The summed E-state index contributed by atoms with van der Waals surface area (Å²) < 4.78 is 2.01. The molecular formula is C20H15ClN4OS. The average molecular weight is 395 g/mol. The van der Waals surface area contributed by atoms with Crippen LogP contribution < -0.4 is 5.32 Å². The largest absolute Gasteiger partial charge is 0.307 e. The number of hydrogen-bond acceptors (Lipinski definition) is 4. The lowest BCUT2D eigenvalue weighted by Crippen LogP contribution is -2.12. The molecule has 1 aromatic carbocycles. The summed E-state index contributed by atoms with van der Waals surface area (Å²) in [6.07, 6.45) is 5.57. The third-order valence-electron chi connectivity index (χ3n) is 3.88. The van der Waals surface area contributed by atoms with Gasteiger partial charge in [0.05, 0.1) is 5.69 Å². The quantitative estimate of drug-likeness (QED) is 0.488. The molecule has 0 unspecified atom stereocenters. The van der Waals surface area contributed by atoms with E-state index in [2.05, 4.69) is 15.3 Å². The summed E-state index contributed by atoms with van der Waals surface area (Å²) in [4.78, 5) is 22.0. The van der Waals surface area contributed by atoms with Gasteiger partial charge in [0.25, 0.3) is 5.91 Å². The number of fused-ring (bicyclic) bond motifs is 1. The van der Waals surface area contributed by atoms with E-state index in [1.807, 2.05) is 47.1 Å². The van der Waals surface area contributed by atoms with Crippen LogP contribution in [0, 0.1) is 0 Å². The van der Waals surface area contributed by atoms with Gasteiger partial charge in [0.1, 0.15) is 11.5 Å². The lowest BCUT2D eigenvalue weighted by atomic mass is 10.2. The molecule has 0 aliphatic rings. The van der Waals surface area contributed by atoms with E-state index >= 15 is 0 Å². The van der Waals surface area contributed by atoms with Crippen LogP contribution in [0.25, 0.3) is 5.65 Å². The number of hydrogen-bond donors (Lipinski definition) is 1. The van der Waals surface area contributed by atoms with Crippen LogP contribution in [0.1, 0.15) is 16.1 Å². The number of pyridine rings is 2. The predicted octanol–water partition coefficient (Wildman–Crippen LogP) is 4.93. The van der Waals surface area contributed by atoms with Crippen molar-refractivity contribution in [2.75, 3.05) is 5.32 Å². The summed E-state index contributed by atoms with van der Waals surface area (Å²) in [5, 5.41) is 3.26. The van der Waals surface area contributed by atoms with Crippen molar-refractivity contribution in [1.29, 1.82) is 0 Å². The summed E-state index contributed by atoms with van der Waals surface area (Å²) in [6.45, 7) is 0. The van der Waals surface area contributed by atoms with Crippen molar-refractivity contribution < 1.29 is 4.79 Å². The minimum atomic E-state index is -0.221. The van der Waals surface area contributed by atoms with E-state index < -0.39 is 0 Å². The number of nitrogens with one attached hydrogen (secondary N) is 1. The molecule has 0 saturated carbocycles. The average Bonchev–Trinajstić information content (AvgIpc) is 3.10. The number of anilines is 1. The van der Waals surface area contributed by atoms with Gasteiger partial charge in [-0.15, -0.1) is 11.8 Å². The molecule has 3 heterocycles. The molecule has 134 valence electrons. The van der Waals surface area contributed by atoms with Crippen molar-refractivity contribution in [1.82, 2.24) is 14.4 Å². The Labute approximate surface area is 165 Å². The number of amides is 1. The summed E-state index contributed by atoms with van der Waals surface area (Å²) in [6, 6.07) is 16.7. The highest BCUT2D eigenvalue weighted by atomic mass is 35.5. The van der Waals surface area contributed by atoms with Gasteiger partial charge in [0.15, 0.2) is 0 Å². The van der Waals surface area contributed by atoms with Gasteiger partial charge in [0.2, 0.25) is 0 Å². The Morgan fingerprint density at radius 2 is 2.00 bits per heavy atom. The second-order valence-electron chi connectivity index (χ2n) is 5.82. The fraction of sp³-hybridized carbons (Fsp3) is 0.0500. The van der Waals surface area contributed by atoms with Gasteiger partial charge in [-0.25, -0.2) is 9.97 Å². The van der Waals surface area contributed by atoms with Gasteiger partial charge in [-0.3, -0.25) is 4.79 Å².